The Balaban J connectivity index is 2.86. The van der Waals surface area contributed by atoms with Crippen molar-refractivity contribution in [3.63, 3.8) is 0 Å². The highest BCUT2D eigenvalue weighted by molar-refractivity contribution is 5.77. The molecule has 0 saturated carbocycles. The molecule has 4 nitrogen and oxygen atoms in total. The molecule has 0 bridgehead atoms. The molecule has 0 saturated heterocycles. The van der Waals surface area contributed by atoms with Crippen molar-refractivity contribution in [2.75, 3.05) is 6.61 Å². The van der Waals surface area contributed by atoms with Crippen LogP contribution in [0.3, 0.4) is 0 Å². The van der Waals surface area contributed by atoms with Crippen molar-refractivity contribution in [1.82, 2.24) is 0 Å². The second kappa shape index (κ2) is 6.75. The van der Waals surface area contributed by atoms with Crippen molar-refractivity contribution in [1.29, 1.82) is 0 Å². The fourth-order valence-corrected chi connectivity index (χ4v) is 1.85. The number of aliphatic hydroxyl groups is 1. The van der Waals surface area contributed by atoms with Gasteiger partial charge in [-0.25, -0.2) is 0 Å². The number of hydrogen-bond donors (Lipinski definition) is 1. The Morgan fingerprint density at radius 3 is 2.25 bits per heavy atom. The molecule has 1 N–H and O–H groups in total. The Morgan fingerprint density at radius 1 is 1.25 bits per heavy atom. The van der Waals surface area contributed by atoms with E-state index >= 15 is 0 Å². The van der Waals surface area contributed by atoms with Crippen LogP contribution in [0.5, 0.6) is 5.75 Å². The fraction of sp³-hybridized carbons (Fsp3) is 0.562. The zero-order valence-corrected chi connectivity index (χ0v) is 12.8. The minimum Gasteiger partial charge on any atom is -0.491 e. The van der Waals surface area contributed by atoms with E-state index in [1.54, 1.807) is 45.0 Å². The largest absolute Gasteiger partial charge is 0.491 e. The fourth-order valence-electron chi connectivity index (χ4n) is 1.85. The molecule has 0 aliphatic carbocycles. The summed E-state index contributed by atoms with van der Waals surface area (Å²) in [5.41, 5.74) is -0.324. The van der Waals surface area contributed by atoms with Crippen LogP contribution in [0.2, 0.25) is 0 Å². The minimum atomic E-state index is -0.990. The van der Waals surface area contributed by atoms with Crippen LogP contribution in [0.1, 0.15) is 46.3 Å². The first-order valence-corrected chi connectivity index (χ1v) is 6.91. The molecule has 1 unspecified atom stereocenters. The summed E-state index contributed by atoms with van der Waals surface area (Å²) < 4.78 is 10.5. The van der Waals surface area contributed by atoms with Crippen LogP contribution in [0.4, 0.5) is 0 Å². The van der Waals surface area contributed by atoms with E-state index in [9.17, 15) is 9.90 Å². The van der Waals surface area contributed by atoms with Gasteiger partial charge in [0.2, 0.25) is 0 Å². The van der Waals surface area contributed by atoms with Gasteiger partial charge in [-0.05, 0) is 52.3 Å². The SMILES string of the molecule is CCOC(=O)C(C)(C)C(O)c1ccc(OC(C)C)cc1. The lowest BCUT2D eigenvalue weighted by Gasteiger charge is -2.28. The minimum absolute atomic E-state index is 0.0988. The molecule has 0 heterocycles. The highest BCUT2D eigenvalue weighted by atomic mass is 16.5. The molecule has 4 heteroatoms. The molecule has 20 heavy (non-hydrogen) atoms. The number of ether oxygens (including phenoxy) is 2. The molecule has 0 aromatic heterocycles. The first-order valence-electron chi connectivity index (χ1n) is 6.91. The molecule has 0 radical (unpaired) electrons. The molecule has 0 aliphatic rings. The van der Waals surface area contributed by atoms with E-state index in [1.165, 1.54) is 0 Å². The van der Waals surface area contributed by atoms with Crippen molar-refractivity contribution in [2.45, 2.75) is 46.8 Å². The molecule has 0 amide bonds. The van der Waals surface area contributed by atoms with Gasteiger partial charge in [0.15, 0.2) is 0 Å². The molecule has 112 valence electrons. The smallest absolute Gasteiger partial charge is 0.314 e. The predicted molar refractivity (Wildman–Crippen MR) is 77.6 cm³/mol. The van der Waals surface area contributed by atoms with Gasteiger partial charge in [0.25, 0.3) is 0 Å². The average molecular weight is 280 g/mol. The summed E-state index contributed by atoms with van der Waals surface area (Å²) >= 11 is 0. The Hall–Kier alpha value is -1.55. The monoisotopic (exact) mass is 280 g/mol. The summed E-state index contributed by atoms with van der Waals surface area (Å²) in [6.07, 6.45) is -0.823. The number of carbonyl (C=O) groups excluding carboxylic acids is 1. The molecular weight excluding hydrogens is 256 g/mol. The van der Waals surface area contributed by atoms with E-state index in [1.807, 2.05) is 13.8 Å². The molecule has 1 atom stereocenters. The van der Waals surface area contributed by atoms with E-state index in [4.69, 9.17) is 9.47 Å². The Labute approximate surface area is 120 Å². The zero-order valence-electron chi connectivity index (χ0n) is 12.8. The average Bonchev–Trinajstić information content (AvgIpc) is 2.38. The number of carbonyl (C=O) groups is 1. The molecule has 1 aromatic rings. The van der Waals surface area contributed by atoms with Gasteiger partial charge in [0, 0.05) is 0 Å². The van der Waals surface area contributed by atoms with Crippen LogP contribution in [-0.2, 0) is 9.53 Å². The van der Waals surface area contributed by atoms with Crippen LogP contribution in [-0.4, -0.2) is 23.8 Å². The van der Waals surface area contributed by atoms with E-state index < -0.39 is 17.5 Å². The van der Waals surface area contributed by atoms with Gasteiger partial charge >= 0.3 is 5.97 Å². The van der Waals surface area contributed by atoms with E-state index in [0.29, 0.717) is 12.2 Å². The summed E-state index contributed by atoms with van der Waals surface area (Å²) in [5.74, 6) is 0.333. The van der Waals surface area contributed by atoms with Gasteiger partial charge in [0.05, 0.1) is 24.2 Å². The third-order valence-corrected chi connectivity index (χ3v) is 3.05. The van der Waals surface area contributed by atoms with E-state index in [2.05, 4.69) is 0 Å². The van der Waals surface area contributed by atoms with Crippen LogP contribution in [0.15, 0.2) is 24.3 Å². The first-order chi connectivity index (χ1) is 9.28. The molecule has 0 spiro atoms. The lowest BCUT2D eigenvalue weighted by Crippen LogP contribution is -2.33. The van der Waals surface area contributed by atoms with Crippen molar-refractivity contribution >= 4 is 5.97 Å². The number of benzene rings is 1. The maximum atomic E-state index is 11.9. The molecular formula is C16H24O4. The van der Waals surface area contributed by atoms with Crippen LogP contribution < -0.4 is 4.74 Å². The second-order valence-corrected chi connectivity index (χ2v) is 5.58. The zero-order chi connectivity index (χ0) is 15.3. The van der Waals surface area contributed by atoms with Crippen LogP contribution in [0.25, 0.3) is 0 Å². The van der Waals surface area contributed by atoms with E-state index in [-0.39, 0.29) is 6.10 Å². The van der Waals surface area contributed by atoms with Gasteiger partial charge in [-0.2, -0.15) is 0 Å². The highest BCUT2D eigenvalue weighted by Crippen LogP contribution is 2.35. The highest BCUT2D eigenvalue weighted by Gasteiger charge is 2.38. The molecule has 0 fully saturated rings. The van der Waals surface area contributed by atoms with Crippen molar-refractivity contribution < 1.29 is 19.4 Å². The lowest BCUT2D eigenvalue weighted by atomic mass is 9.82. The van der Waals surface area contributed by atoms with Crippen LogP contribution >= 0.6 is 0 Å². The van der Waals surface area contributed by atoms with E-state index in [0.717, 1.165) is 5.75 Å². The van der Waals surface area contributed by atoms with Gasteiger partial charge in [-0.3, -0.25) is 4.79 Å². The summed E-state index contributed by atoms with van der Waals surface area (Å²) in [6, 6.07) is 7.12. The van der Waals surface area contributed by atoms with Gasteiger partial charge in [0.1, 0.15) is 5.75 Å². The van der Waals surface area contributed by atoms with Crippen LogP contribution in [0, 0.1) is 5.41 Å². The van der Waals surface area contributed by atoms with Crippen molar-refractivity contribution in [3.05, 3.63) is 29.8 Å². The topological polar surface area (TPSA) is 55.8 Å². The van der Waals surface area contributed by atoms with Gasteiger partial charge in [-0.1, -0.05) is 12.1 Å². The van der Waals surface area contributed by atoms with Gasteiger partial charge in [-0.15, -0.1) is 0 Å². The normalized spacial score (nSPS) is 13.2. The number of aliphatic hydroxyl groups excluding tert-OH is 1. The summed E-state index contributed by atoms with van der Waals surface area (Å²) in [7, 11) is 0. The maximum absolute atomic E-state index is 11.9. The molecule has 0 aliphatic heterocycles. The van der Waals surface area contributed by atoms with Gasteiger partial charge < -0.3 is 14.6 Å². The third kappa shape index (κ3) is 3.97. The third-order valence-electron chi connectivity index (χ3n) is 3.05. The Bertz CT molecular complexity index is 434. The Kier molecular flexibility index (Phi) is 5.57. The first kappa shape index (κ1) is 16.5. The Morgan fingerprint density at radius 2 is 1.80 bits per heavy atom. The number of hydrogen-bond acceptors (Lipinski definition) is 4. The predicted octanol–water partition coefficient (Wildman–Crippen LogP) is 3.10. The van der Waals surface area contributed by atoms with Crippen molar-refractivity contribution in [3.8, 4) is 5.75 Å². The maximum Gasteiger partial charge on any atom is 0.314 e. The molecule has 1 aromatic carbocycles. The summed E-state index contributed by atoms with van der Waals surface area (Å²) in [4.78, 5) is 11.9. The molecule has 1 rings (SSSR count). The number of rotatable bonds is 6. The number of esters is 1. The second-order valence-electron chi connectivity index (χ2n) is 5.58. The lowest BCUT2D eigenvalue weighted by molar-refractivity contribution is -0.160. The summed E-state index contributed by atoms with van der Waals surface area (Å²) in [6.45, 7) is 9.30. The van der Waals surface area contributed by atoms with Crippen molar-refractivity contribution in [2.24, 2.45) is 5.41 Å². The quantitative estimate of drug-likeness (QED) is 0.814. The standard InChI is InChI=1S/C16H24O4/c1-6-19-15(18)16(4,5)14(17)12-7-9-13(10-8-12)20-11(2)3/h7-11,14,17H,6H2,1-5H3. The summed E-state index contributed by atoms with van der Waals surface area (Å²) in [5, 5.41) is 10.4.